The molecular weight excluding hydrogens is 496 g/mol. The molecule has 1 fully saturated rings. The normalized spacial score (nSPS) is 22.4. The van der Waals surface area contributed by atoms with E-state index in [0.29, 0.717) is 52.0 Å². The first-order valence-electron chi connectivity index (χ1n) is 12.5. The molecule has 3 heterocycles. The van der Waals surface area contributed by atoms with Crippen molar-refractivity contribution in [3.05, 3.63) is 42.7 Å². The summed E-state index contributed by atoms with van der Waals surface area (Å²) in [5.41, 5.74) is 1.32. The Morgan fingerprint density at radius 1 is 1.27 bits per heavy atom. The van der Waals surface area contributed by atoms with Gasteiger partial charge in [0.05, 0.1) is 25.7 Å². The van der Waals surface area contributed by atoms with Crippen LogP contribution >= 0.6 is 0 Å². The number of β-amino-alcohol motifs (C(OH)–C–C–N with tert-alkyl or cyclic N) is 1. The molecule has 0 saturated carbocycles. The van der Waals surface area contributed by atoms with E-state index in [2.05, 4.69) is 9.71 Å². The molecule has 10 nitrogen and oxygen atoms in total. The Labute approximate surface area is 218 Å². The molecule has 1 aromatic heterocycles. The summed E-state index contributed by atoms with van der Waals surface area (Å²) in [6.07, 6.45) is 4.28. The molecule has 2 aliphatic rings. The summed E-state index contributed by atoms with van der Waals surface area (Å²) in [6.45, 7) is 2.71. The number of hydrogen-bond acceptors (Lipinski definition) is 8. The van der Waals surface area contributed by atoms with Gasteiger partial charge in [0.15, 0.2) is 0 Å². The van der Waals surface area contributed by atoms with Crippen molar-refractivity contribution in [2.24, 2.45) is 5.41 Å². The molecule has 1 saturated heterocycles. The van der Waals surface area contributed by atoms with Crippen LogP contribution < -0.4 is 9.46 Å². The molecule has 1 spiro atoms. The minimum Gasteiger partial charge on any atom is -0.492 e. The van der Waals surface area contributed by atoms with E-state index in [4.69, 9.17) is 9.47 Å². The van der Waals surface area contributed by atoms with Crippen molar-refractivity contribution in [3.63, 3.8) is 0 Å². The molecule has 0 aliphatic carbocycles. The quantitative estimate of drug-likeness (QED) is 0.606. The molecule has 2 aromatic rings. The number of nitrogens with zero attached hydrogens (tertiary/aromatic N) is 3. The number of fused-ring (bicyclic) bond motifs is 1. The summed E-state index contributed by atoms with van der Waals surface area (Å²) < 4.78 is 40.3. The highest BCUT2D eigenvalue weighted by molar-refractivity contribution is 7.89. The number of likely N-dealkylation sites (tertiary alicyclic amines) is 1. The smallest absolute Gasteiger partial charge is 0.244 e. The molecule has 0 bridgehead atoms. The largest absolute Gasteiger partial charge is 0.492 e. The zero-order chi connectivity index (χ0) is 26.5. The SMILES string of the molecule is COCCC(=O)N1CCC2(CC1)COc1cc(-c3cccnc3)ccc1S(=O)(=O)NCC(O)CN(C)C2. The van der Waals surface area contributed by atoms with E-state index in [-0.39, 0.29) is 35.1 Å². The van der Waals surface area contributed by atoms with Crippen molar-refractivity contribution in [1.82, 2.24) is 19.5 Å². The number of aliphatic hydroxyl groups excluding tert-OH is 1. The molecule has 37 heavy (non-hydrogen) atoms. The van der Waals surface area contributed by atoms with Crippen LogP contribution in [0.1, 0.15) is 19.3 Å². The topological polar surface area (TPSA) is 121 Å². The summed E-state index contributed by atoms with van der Waals surface area (Å²) in [5.74, 6) is 0.322. The van der Waals surface area contributed by atoms with Gasteiger partial charge in [-0.2, -0.15) is 0 Å². The van der Waals surface area contributed by atoms with Gasteiger partial charge in [0.1, 0.15) is 10.6 Å². The number of ether oxygens (including phenoxy) is 2. The van der Waals surface area contributed by atoms with Crippen LogP contribution in [0, 0.1) is 5.41 Å². The highest BCUT2D eigenvalue weighted by atomic mass is 32.2. The van der Waals surface area contributed by atoms with Gasteiger partial charge in [-0.15, -0.1) is 0 Å². The summed E-state index contributed by atoms with van der Waals surface area (Å²) >= 11 is 0. The van der Waals surface area contributed by atoms with Crippen LogP contribution in [0.3, 0.4) is 0 Å². The molecule has 11 heteroatoms. The van der Waals surface area contributed by atoms with Crippen LogP contribution in [0.4, 0.5) is 0 Å². The van der Waals surface area contributed by atoms with Gasteiger partial charge >= 0.3 is 0 Å². The number of carbonyl (C=O) groups excluding carboxylic acids is 1. The molecule has 2 N–H and O–H groups in total. The minimum absolute atomic E-state index is 0.0311. The lowest BCUT2D eigenvalue weighted by Gasteiger charge is -2.44. The first-order chi connectivity index (χ1) is 17.7. The third-order valence-corrected chi connectivity index (χ3v) is 8.56. The Hall–Kier alpha value is -2.57. The maximum absolute atomic E-state index is 13.2. The van der Waals surface area contributed by atoms with Gasteiger partial charge in [0.2, 0.25) is 15.9 Å². The number of nitrogens with one attached hydrogen (secondary N) is 1. The number of pyridine rings is 1. The Morgan fingerprint density at radius 2 is 2.05 bits per heavy atom. The number of aliphatic hydroxyl groups is 1. The third-order valence-electron chi connectivity index (χ3n) is 7.10. The average molecular weight is 533 g/mol. The van der Waals surface area contributed by atoms with Crippen molar-refractivity contribution in [2.75, 3.05) is 60.1 Å². The maximum atomic E-state index is 13.2. The van der Waals surface area contributed by atoms with Crippen molar-refractivity contribution in [2.45, 2.75) is 30.3 Å². The number of likely N-dealkylation sites (N-methyl/N-ethyl adjacent to an activating group) is 1. The average Bonchev–Trinajstić information content (AvgIpc) is 2.89. The molecule has 1 unspecified atom stereocenters. The number of rotatable bonds is 4. The lowest BCUT2D eigenvalue weighted by Crippen LogP contribution is -2.51. The molecule has 0 radical (unpaired) electrons. The minimum atomic E-state index is -3.92. The second kappa shape index (κ2) is 11.9. The van der Waals surface area contributed by atoms with Gasteiger partial charge in [-0.3, -0.25) is 9.78 Å². The lowest BCUT2D eigenvalue weighted by molar-refractivity contribution is -0.135. The summed E-state index contributed by atoms with van der Waals surface area (Å²) in [4.78, 5) is 20.6. The van der Waals surface area contributed by atoms with Gasteiger partial charge in [0, 0.05) is 63.2 Å². The van der Waals surface area contributed by atoms with Crippen molar-refractivity contribution in [3.8, 4) is 16.9 Å². The zero-order valence-corrected chi connectivity index (χ0v) is 22.2. The molecular formula is C26H36N4O6S. The van der Waals surface area contributed by atoms with Gasteiger partial charge < -0.3 is 24.4 Å². The number of benzene rings is 1. The predicted octanol–water partition coefficient (Wildman–Crippen LogP) is 1.36. The second-order valence-corrected chi connectivity index (χ2v) is 11.8. The number of hydrogen-bond donors (Lipinski definition) is 2. The van der Waals surface area contributed by atoms with Gasteiger partial charge in [-0.1, -0.05) is 12.1 Å². The van der Waals surface area contributed by atoms with Crippen molar-refractivity contribution in [1.29, 1.82) is 0 Å². The van der Waals surface area contributed by atoms with Gasteiger partial charge in [-0.05, 0) is 43.7 Å². The lowest BCUT2D eigenvalue weighted by atomic mass is 9.78. The fourth-order valence-corrected chi connectivity index (χ4v) is 6.26. The van der Waals surface area contributed by atoms with E-state index in [0.717, 1.165) is 11.1 Å². The van der Waals surface area contributed by atoms with Crippen molar-refractivity contribution < 1.29 is 27.8 Å². The molecule has 1 aromatic carbocycles. The fourth-order valence-electron chi connectivity index (χ4n) is 5.06. The summed E-state index contributed by atoms with van der Waals surface area (Å²) in [5, 5.41) is 10.5. The number of aromatic nitrogens is 1. The Kier molecular flexibility index (Phi) is 8.81. The van der Waals surface area contributed by atoms with Gasteiger partial charge in [0.25, 0.3) is 0 Å². The number of methoxy groups -OCH3 is 1. The summed E-state index contributed by atoms with van der Waals surface area (Å²) in [7, 11) is -0.430. The Morgan fingerprint density at radius 3 is 2.76 bits per heavy atom. The van der Waals surface area contributed by atoms with Crippen LogP contribution in [0.25, 0.3) is 11.1 Å². The van der Waals surface area contributed by atoms with E-state index in [9.17, 15) is 18.3 Å². The monoisotopic (exact) mass is 532 g/mol. The van der Waals surface area contributed by atoms with E-state index >= 15 is 0 Å². The standard InChI is InChI=1S/C26H36N4O6S/c1-29-17-22(31)16-28-37(33,34)24-6-5-20(21-4-3-10-27-15-21)14-23(24)36-19-26(18-29)8-11-30(12-9-26)25(32)7-13-35-2/h3-6,10,14-15,22,28,31H,7-9,11-13,16-19H2,1-2H3. The Balaban J connectivity index is 1.64. The number of sulfonamides is 1. The van der Waals surface area contributed by atoms with Crippen molar-refractivity contribution >= 4 is 15.9 Å². The second-order valence-electron chi connectivity index (χ2n) is 10.0. The summed E-state index contributed by atoms with van der Waals surface area (Å²) in [6, 6.07) is 8.72. The Bertz CT molecular complexity index is 1170. The number of piperidine rings is 1. The maximum Gasteiger partial charge on any atom is 0.244 e. The van der Waals surface area contributed by atoms with E-state index in [1.165, 1.54) is 6.07 Å². The van der Waals surface area contributed by atoms with E-state index in [1.54, 1.807) is 31.6 Å². The highest BCUT2D eigenvalue weighted by Crippen LogP contribution is 2.36. The highest BCUT2D eigenvalue weighted by Gasteiger charge is 2.39. The van der Waals surface area contributed by atoms with E-state index in [1.807, 2.05) is 29.0 Å². The van der Waals surface area contributed by atoms with Crippen LogP contribution in [-0.4, -0.2) is 100 Å². The van der Waals surface area contributed by atoms with E-state index < -0.39 is 16.1 Å². The molecule has 1 atom stereocenters. The van der Waals surface area contributed by atoms with Crippen LogP contribution in [0.5, 0.6) is 5.75 Å². The zero-order valence-electron chi connectivity index (χ0n) is 21.4. The fraction of sp³-hybridized carbons (Fsp3) is 0.538. The van der Waals surface area contributed by atoms with Crippen LogP contribution in [-0.2, 0) is 19.6 Å². The first-order valence-corrected chi connectivity index (χ1v) is 14.0. The number of carbonyl (C=O) groups is 1. The predicted molar refractivity (Wildman–Crippen MR) is 139 cm³/mol. The van der Waals surface area contributed by atoms with Crippen LogP contribution in [0.15, 0.2) is 47.6 Å². The van der Waals surface area contributed by atoms with Gasteiger partial charge in [-0.25, -0.2) is 13.1 Å². The molecule has 4 rings (SSSR count). The molecule has 2 aliphatic heterocycles. The van der Waals surface area contributed by atoms with Crippen LogP contribution in [0.2, 0.25) is 0 Å². The molecule has 1 amide bonds. The third kappa shape index (κ3) is 6.85. The number of amides is 1. The molecule has 202 valence electrons. The first kappa shape index (κ1) is 27.5.